The molecule has 0 aliphatic heterocycles. The van der Waals surface area contributed by atoms with Gasteiger partial charge in [0, 0.05) is 13.1 Å². The van der Waals surface area contributed by atoms with Crippen molar-refractivity contribution in [1.82, 2.24) is 10.2 Å². The zero-order valence-corrected chi connectivity index (χ0v) is 14.9. The fourth-order valence-electron chi connectivity index (χ4n) is 2.63. The van der Waals surface area contributed by atoms with Crippen LogP contribution in [0.2, 0.25) is 0 Å². The molecule has 0 aliphatic rings. The van der Waals surface area contributed by atoms with Crippen LogP contribution in [0.5, 0.6) is 5.75 Å². The number of rotatable bonds is 7. The molecule has 0 bridgehead atoms. The molecule has 4 heteroatoms. The van der Waals surface area contributed by atoms with E-state index in [1.54, 1.807) is 0 Å². The van der Waals surface area contributed by atoms with Gasteiger partial charge in [0.1, 0.15) is 5.75 Å². The Balaban J connectivity index is 1.87. The van der Waals surface area contributed by atoms with E-state index in [2.05, 4.69) is 22.3 Å². The van der Waals surface area contributed by atoms with E-state index in [9.17, 15) is 4.79 Å². The van der Waals surface area contributed by atoms with Gasteiger partial charge in [-0.2, -0.15) is 0 Å². The van der Waals surface area contributed by atoms with Crippen molar-refractivity contribution in [1.29, 1.82) is 0 Å². The van der Waals surface area contributed by atoms with Crippen LogP contribution in [0.25, 0.3) is 0 Å². The number of nitrogens with one attached hydrogen (secondary N) is 1. The zero-order valence-electron chi connectivity index (χ0n) is 14.9. The van der Waals surface area contributed by atoms with Crippen LogP contribution in [0.4, 0.5) is 0 Å². The third-order valence-electron chi connectivity index (χ3n) is 3.65. The standard InChI is InChI=1S/C20H26N2O2/c1-15-9-16(2)11-19(10-15)24-14-20(23)21-12-17-7-5-6-8-18(17)13-22(3)4/h5-11H,12-14H2,1-4H3,(H,21,23). The van der Waals surface area contributed by atoms with Gasteiger partial charge in [0.25, 0.3) is 5.91 Å². The van der Waals surface area contributed by atoms with Gasteiger partial charge in [-0.25, -0.2) is 0 Å². The van der Waals surface area contributed by atoms with Crippen LogP contribution in [0.15, 0.2) is 42.5 Å². The average molecular weight is 326 g/mol. The van der Waals surface area contributed by atoms with E-state index in [1.165, 1.54) is 5.56 Å². The van der Waals surface area contributed by atoms with Crippen molar-refractivity contribution < 1.29 is 9.53 Å². The fraction of sp³-hybridized carbons (Fsp3) is 0.350. The lowest BCUT2D eigenvalue weighted by Gasteiger charge is -2.15. The minimum absolute atomic E-state index is 0.0265. The van der Waals surface area contributed by atoms with Crippen LogP contribution in [-0.2, 0) is 17.9 Å². The van der Waals surface area contributed by atoms with Crippen molar-refractivity contribution >= 4 is 5.91 Å². The second-order valence-electron chi connectivity index (χ2n) is 6.40. The predicted octanol–water partition coefficient (Wildman–Crippen LogP) is 3.06. The minimum Gasteiger partial charge on any atom is -0.484 e. The molecular formula is C20H26N2O2. The normalized spacial score (nSPS) is 10.7. The second-order valence-corrected chi connectivity index (χ2v) is 6.40. The summed E-state index contributed by atoms with van der Waals surface area (Å²) in [6.45, 7) is 5.42. The van der Waals surface area contributed by atoms with Crippen LogP contribution in [0, 0.1) is 13.8 Å². The Labute approximate surface area is 144 Å². The van der Waals surface area contributed by atoms with Gasteiger partial charge in [0.2, 0.25) is 0 Å². The summed E-state index contributed by atoms with van der Waals surface area (Å²) in [6.07, 6.45) is 0. The largest absolute Gasteiger partial charge is 0.484 e. The lowest BCUT2D eigenvalue weighted by Crippen LogP contribution is -2.29. The SMILES string of the molecule is Cc1cc(C)cc(OCC(=O)NCc2ccccc2CN(C)C)c1. The van der Waals surface area contributed by atoms with Gasteiger partial charge >= 0.3 is 0 Å². The fourth-order valence-corrected chi connectivity index (χ4v) is 2.63. The van der Waals surface area contributed by atoms with Gasteiger partial charge in [-0.3, -0.25) is 4.79 Å². The summed E-state index contributed by atoms with van der Waals surface area (Å²) in [5, 5.41) is 2.93. The smallest absolute Gasteiger partial charge is 0.258 e. The van der Waals surface area contributed by atoms with Crippen molar-refractivity contribution in [3.8, 4) is 5.75 Å². The van der Waals surface area contributed by atoms with Gasteiger partial charge in [-0.05, 0) is 62.3 Å². The molecule has 0 saturated heterocycles. The third kappa shape index (κ3) is 5.70. The molecule has 2 aromatic carbocycles. The van der Waals surface area contributed by atoms with Crippen molar-refractivity contribution in [3.05, 3.63) is 64.7 Å². The maximum Gasteiger partial charge on any atom is 0.258 e. The summed E-state index contributed by atoms with van der Waals surface area (Å²) in [5.74, 6) is 0.615. The van der Waals surface area contributed by atoms with Crippen molar-refractivity contribution in [3.63, 3.8) is 0 Å². The van der Waals surface area contributed by atoms with Crippen LogP contribution in [-0.4, -0.2) is 31.5 Å². The van der Waals surface area contributed by atoms with E-state index >= 15 is 0 Å². The second kappa shape index (κ2) is 8.50. The molecule has 0 unspecified atom stereocenters. The average Bonchev–Trinajstić information content (AvgIpc) is 2.50. The summed E-state index contributed by atoms with van der Waals surface area (Å²) >= 11 is 0. The molecule has 0 aliphatic carbocycles. The van der Waals surface area contributed by atoms with Gasteiger partial charge < -0.3 is 15.0 Å². The Hall–Kier alpha value is -2.33. The number of benzene rings is 2. The molecule has 4 nitrogen and oxygen atoms in total. The summed E-state index contributed by atoms with van der Waals surface area (Å²) < 4.78 is 5.59. The van der Waals surface area contributed by atoms with Crippen LogP contribution in [0.3, 0.4) is 0 Å². The Morgan fingerprint density at radius 1 is 1.04 bits per heavy atom. The molecular weight excluding hydrogens is 300 g/mol. The molecule has 0 atom stereocenters. The molecule has 1 N–H and O–H groups in total. The number of ether oxygens (including phenoxy) is 1. The number of aryl methyl sites for hydroxylation is 2. The molecule has 0 fully saturated rings. The van der Waals surface area contributed by atoms with E-state index < -0.39 is 0 Å². The van der Waals surface area contributed by atoms with E-state index in [4.69, 9.17) is 4.74 Å². The Bertz CT molecular complexity index is 676. The number of carbonyl (C=O) groups is 1. The summed E-state index contributed by atoms with van der Waals surface area (Å²) in [6, 6.07) is 14.1. The lowest BCUT2D eigenvalue weighted by atomic mass is 10.1. The molecule has 2 aromatic rings. The summed E-state index contributed by atoms with van der Waals surface area (Å²) in [7, 11) is 4.07. The monoisotopic (exact) mass is 326 g/mol. The van der Waals surface area contributed by atoms with Crippen LogP contribution in [0.1, 0.15) is 22.3 Å². The molecule has 0 radical (unpaired) electrons. The quantitative estimate of drug-likeness (QED) is 0.850. The van der Waals surface area contributed by atoms with Crippen LogP contribution >= 0.6 is 0 Å². The Kier molecular flexibility index (Phi) is 6.38. The molecule has 2 rings (SSSR count). The lowest BCUT2D eigenvalue weighted by molar-refractivity contribution is -0.123. The Morgan fingerprint density at radius 3 is 2.29 bits per heavy atom. The molecule has 0 aromatic heterocycles. The Morgan fingerprint density at radius 2 is 1.67 bits per heavy atom. The predicted molar refractivity (Wildman–Crippen MR) is 97.1 cm³/mol. The van der Waals surface area contributed by atoms with Gasteiger partial charge in [0.15, 0.2) is 6.61 Å². The third-order valence-corrected chi connectivity index (χ3v) is 3.65. The van der Waals surface area contributed by atoms with Crippen molar-refractivity contribution in [2.45, 2.75) is 26.9 Å². The molecule has 0 heterocycles. The summed E-state index contributed by atoms with van der Waals surface area (Å²) in [5.41, 5.74) is 4.61. The van der Waals surface area contributed by atoms with E-state index in [0.717, 1.165) is 29.0 Å². The van der Waals surface area contributed by atoms with E-state index in [0.29, 0.717) is 6.54 Å². The molecule has 24 heavy (non-hydrogen) atoms. The number of hydrogen-bond acceptors (Lipinski definition) is 3. The van der Waals surface area contributed by atoms with Gasteiger partial charge in [0.05, 0.1) is 0 Å². The summed E-state index contributed by atoms with van der Waals surface area (Å²) in [4.78, 5) is 14.2. The highest BCUT2D eigenvalue weighted by molar-refractivity contribution is 5.77. The first kappa shape index (κ1) is 18.0. The number of hydrogen-bond donors (Lipinski definition) is 1. The maximum absolute atomic E-state index is 12.0. The first-order valence-electron chi connectivity index (χ1n) is 8.13. The number of nitrogens with zero attached hydrogens (tertiary/aromatic N) is 1. The van der Waals surface area contributed by atoms with Crippen LogP contribution < -0.4 is 10.1 Å². The van der Waals surface area contributed by atoms with Gasteiger partial charge in [-0.15, -0.1) is 0 Å². The molecule has 0 spiro atoms. The van der Waals surface area contributed by atoms with Crippen molar-refractivity contribution in [2.24, 2.45) is 0 Å². The molecule has 1 amide bonds. The van der Waals surface area contributed by atoms with E-state index in [1.807, 2.05) is 58.3 Å². The zero-order chi connectivity index (χ0) is 17.5. The highest BCUT2D eigenvalue weighted by atomic mass is 16.5. The van der Waals surface area contributed by atoms with E-state index in [-0.39, 0.29) is 12.5 Å². The number of carbonyl (C=O) groups excluding carboxylic acids is 1. The van der Waals surface area contributed by atoms with Gasteiger partial charge in [-0.1, -0.05) is 30.3 Å². The molecule has 0 saturated carbocycles. The highest BCUT2D eigenvalue weighted by Crippen LogP contribution is 2.16. The highest BCUT2D eigenvalue weighted by Gasteiger charge is 2.07. The maximum atomic E-state index is 12.0. The van der Waals surface area contributed by atoms with Crippen molar-refractivity contribution in [2.75, 3.05) is 20.7 Å². The first-order chi connectivity index (χ1) is 11.4. The molecule has 128 valence electrons. The minimum atomic E-state index is -0.117. The first-order valence-corrected chi connectivity index (χ1v) is 8.13. The number of amides is 1. The topological polar surface area (TPSA) is 41.6 Å².